The lowest BCUT2D eigenvalue weighted by Crippen LogP contribution is -2.22. The lowest BCUT2D eigenvalue weighted by Gasteiger charge is -2.35. The molecule has 1 nitrogen and oxygen atoms in total. The first-order valence-electron chi connectivity index (χ1n) is 7.21. The molecule has 0 aromatic rings. The van der Waals surface area contributed by atoms with Gasteiger partial charge in [-0.1, -0.05) is 63.5 Å². The molecule has 0 aromatic carbocycles. The van der Waals surface area contributed by atoms with Gasteiger partial charge in [0.25, 0.3) is 0 Å². The summed E-state index contributed by atoms with van der Waals surface area (Å²) in [6, 6.07) is 0. The summed E-state index contributed by atoms with van der Waals surface area (Å²) < 4.78 is 0. The van der Waals surface area contributed by atoms with Gasteiger partial charge in [0, 0.05) is 12.4 Å². The Morgan fingerprint density at radius 1 is 0.588 bits per heavy atom. The van der Waals surface area contributed by atoms with Gasteiger partial charge in [-0.15, -0.1) is 0 Å². The summed E-state index contributed by atoms with van der Waals surface area (Å²) in [5.41, 5.74) is 0. The van der Waals surface area contributed by atoms with Gasteiger partial charge >= 0.3 is 0 Å². The maximum Gasteiger partial charge on any atom is 0.000442 e. The van der Waals surface area contributed by atoms with Crippen LogP contribution in [0.5, 0.6) is 0 Å². The highest BCUT2D eigenvalue weighted by molar-refractivity contribution is 5.14. The van der Waals surface area contributed by atoms with Crippen molar-refractivity contribution < 1.29 is 0 Å². The molecule has 2 saturated carbocycles. The minimum absolute atomic E-state index is 1.16. The Hall–Kier alpha value is -0.980. The SMILES string of the molecule is C1=CC=CNC=C1.C1CCC2CCCCC2C1. The van der Waals surface area contributed by atoms with Crippen molar-refractivity contribution in [1.82, 2.24) is 5.32 Å². The van der Waals surface area contributed by atoms with Crippen molar-refractivity contribution in [3.8, 4) is 0 Å². The fraction of sp³-hybridized carbons (Fsp3) is 0.625. The molecule has 0 amide bonds. The van der Waals surface area contributed by atoms with Crippen LogP contribution in [0.4, 0.5) is 0 Å². The Morgan fingerprint density at radius 3 is 1.41 bits per heavy atom. The molecule has 0 atom stereocenters. The quantitative estimate of drug-likeness (QED) is 0.645. The highest BCUT2D eigenvalue weighted by Gasteiger charge is 2.26. The standard InChI is InChI=1S/C10H18.C6H7N/c1-2-6-10-8-4-3-7-9(10)5-1;1-2-4-6-7-5-3-1/h9-10H,1-8H2;1-7H. The molecule has 17 heavy (non-hydrogen) atoms. The minimum Gasteiger partial charge on any atom is -0.368 e. The Bertz CT molecular complexity index is 248. The molecular formula is C16H25N. The highest BCUT2D eigenvalue weighted by Crippen LogP contribution is 2.39. The van der Waals surface area contributed by atoms with Crippen LogP contribution < -0.4 is 5.32 Å². The van der Waals surface area contributed by atoms with Crippen molar-refractivity contribution in [2.45, 2.75) is 51.4 Å². The zero-order chi connectivity index (χ0) is 11.8. The predicted octanol–water partition coefficient (Wildman–Crippen LogP) is 4.54. The zero-order valence-electron chi connectivity index (χ0n) is 10.8. The third kappa shape index (κ3) is 4.41. The van der Waals surface area contributed by atoms with Gasteiger partial charge in [-0.3, -0.25) is 0 Å². The summed E-state index contributed by atoms with van der Waals surface area (Å²) in [5, 5.41) is 2.92. The number of nitrogens with one attached hydrogen (secondary N) is 1. The molecule has 2 aliphatic carbocycles. The molecule has 0 unspecified atom stereocenters. The zero-order valence-corrected chi connectivity index (χ0v) is 10.8. The Balaban J connectivity index is 0.000000136. The van der Waals surface area contributed by atoms with E-state index in [0.717, 1.165) is 11.8 Å². The van der Waals surface area contributed by atoms with Gasteiger partial charge in [0.15, 0.2) is 0 Å². The maximum absolute atomic E-state index is 2.92. The molecule has 0 radical (unpaired) electrons. The van der Waals surface area contributed by atoms with Crippen LogP contribution in [0.2, 0.25) is 0 Å². The van der Waals surface area contributed by atoms with Crippen LogP contribution in [0.3, 0.4) is 0 Å². The van der Waals surface area contributed by atoms with Crippen LogP contribution in [0.15, 0.2) is 36.7 Å². The molecule has 3 rings (SSSR count). The Labute approximate surface area is 106 Å². The topological polar surface area (TPSA) is 12.0 Å². The second-order valence-corrected chi connectivity index (χ2v) is 5.36. The number of rotatable bonds is 0. The smallest absolute Gasteiger partial charge is 0.000442 e. The van der Waals surface area contributed by atoms with Crippen LogP contribution in [0.25, 0.3) is 0 Å². The monoisotopic (exact) mass is 231 g/mol. The van der Waals surface area contributed by atoms with Crippen molar-refractivity contribution in [1.29, 1.82) is 0 Å². The molecule has 1 heteroatoms. The molecule has 0 bridgehead atoms. The number of fused-ring (bicyclic) bond motifs is 1. The van der Waals surface area contributed by atoms with Gasteiger partial charge in [0.1, 0.15) is 0 Å². The van der Waals surface area contributed by atoms with Crippen molar-refractivity contribution in [2.75, 3.05) is 0 Å². The predicted molar refractivity (Wildman–Crippen MR) is 74.5 cm³/mol. The molecule has 0 saturated heterocycles. The third-order valence-corrected chi connectivity index (χ3v) is 4.18. The molecule has 0 spiro atoms. The molecule has 2 fully saturated rings. The average Bonchev–Trinajstić information content (AvgIpc) is 2.72. The molecule has 0 aromatic heterocycles. The van der Waals surface area contributed by atoms with Crippen molar-refractivity contribution >= 4 is 0 Å². The Kier molecular flexibility index (Phi) is 5.41. The highest BCUT2D eigenvalue weighted by atomic mass is 14.8. The molecule has 1 N–H and O–H groups in total. The minimum atomic E-state index is 1.16. The van der Waals surface area contributed by atoms with E-state index >= 15 is 0 Å². The third-order valence-electron chi connectivity index (χ3n) is 4.18. The molecule has 94 valence electrons. The first-order chi connectivity index (χ1) is 8.47. The normalized spacial score (nSPS) is 30.6. The second kappa shape index (κ2) is 7.37. The van der Waals surface area contributed by atoms with E-state index in [1.54, 1.807) is 25.7 Å². The Morgan fingerprint density at radius 2 is 1.00 bits per heavy atom. The second-order valence-electron chi connectivity index (χ2n) is 5.36. The summed E-state index contributed by atoms with van der Waals surface area (Å²) in [7, 11) is 0. The van der Waals surface area contributed by atoms with E-state index in [4.69, 9.17) is 0 Å². The summed E-state index contributed by atoms with van der Waals surface area (Å²) in [5.74, 6) is 2.31. The lowest BCUT2D eigenvalue weighted by atomic mass is 9.71. The number of hydrogen-bond donors (Lipinski definition) is 1. The first-order valence-corrected chi connectivity index (χ1v) is 7.21. The molecule has 1 heterocycles. The fourth-order valence-electron chi connectivity index (χ4n) is 3.26. The van der Waals surface area contributed by atoms with Gasteiger partial charge in [-0.05, 0) is 24.0 Å². The lowest BCUT2D eigenvalue weighted by molar-refractivity contribution is 0.171. The van der Waals surface area contributed by atoms with Gasteiger partial charge in [0.05, 0.1) is 0 Å². The van der Waals surface area contributed by atoms with E-state index in [1.165, 1.54) is 25.7 Å². The largest absolute Gasteiger partial charge is 0.368 e. The number of allylic oxidation sites excluding steroid dienone is 4. The van der Waals surface area contributed by atoms with E-state index in [-0.39, 0.29) is 0 Å². The van der Waals surface area contributed by atoms with Gasteiger partial charge in [0.2, 0.25) is 0 Å². The van der Waals surface area contributed by atoms with E-state index < -0.39 is 0 Å². The van der Waals surface area contributed by atoms with Crippen molar-refractivity contribution in [2.24, 2.45) is 11.8 Å². The summed E-state index contributed by atoms with van der Waals surface area (Å²) >= 11 is 0. The first kappa shape index (κ1) is 12.5. The molecular weight excluding hydrogens is 206 g/mol. The van der Waals surface area contributed by atoms with E-state index in [0.29, 0.717) is 0 Å². The van der Waals surface area contributed by atoms with Gasteiger partial charge in [-0.2, -0.15) is 0 Å². The van der Waals surface area contributed by atoms with Gasteiger partial charge < -0.3 is 5.32 Å². The van der Waals surface area contributed by atoms with Crippen molar-refractivity contribution in [3.05, 3.63) is 36.7 Å². The van der Waals surface area contributed by atoms with Crippen molar-refractivity contribution in [3.63, 3.8) is 0 Å². The summed E-state index contributed by atoms with van der Waals surface area (Å²) in [6.45, 7) is 0. The van der Waals surface area contributed by atoms with Gasteiger partial charge in [-0.25, -0.2) is 0 Å². The van der Waals surface area contributed by atoms with Crippen LogP contribution in [0, 0.1) is 11.8 Å². The van der Waals surface area contributed by atoms with E-state index in [9.17, 15) is 0 Å². The summed E-state index contributed by atoms with van der Waals surface area (Å²) in [4.78, 5) is 0. The maximum atomic E-state index is 2.92. The average molecular weight is 231 g/mol. The van der Waals surface area contributed by atoms with Crippen LogP contribution >= 0.6 is 0 Å². The molecule has 3 aliphatic rings. The van der Waals surface area contributed by atoms with E-state index in [2.05, 4.69) is 5.32 Å². The summed E-state index contributed by atoms with van der Waals surface area (Å²) in [6.07, 6.45) is 23.9. The van der Waals surface area contributed by atoms with E-state index in [1.807, 2.05) is 36.7 Å². The molecule has 1 aliphatic heterocycles. The number of hydrogen-bond acceptors (Lipinski definition) is 1. The van der Waals surface area contributed by atoms with Crippen LogP contribution in [-0.4, -0.2) is 0 Å². The van der Waals surface area contributed by atoms with Crippen LogP contribution in [-0.2, 0) is 0 Å². The van der Waals surface area contributed by atoms with Crippen LogP contribution in [0.1, 0.15) is 51.4 Å². The fourth-order valence-corrected chi connectivity index (χ4v) is 3.26.